The number of nitro groups is 1. The highest BCUT2D eigenvalue weighted by Crippen LogP contribution is 2.24. The lowest BCUT2D eigenvalue weighted by Crippen LogP contribution is -2.41. The number of H-pyrrole nitrogens is 1. The molecule has 0 aliphatic heterocycles. The van der Waals surface area contributed by atoms with Crippen LogP contribution in [0.2, 0.25) is 0 Å². The predicted octanol–water partition coefficient (Wildman–Crippen LogP) is 2.89. The number of aromatic nitrogens is 1. The minimum Gasteiger partial charge on any atom is -0.374 e. The molecule has 27 heavy (non-hydrogen) atoms. The summed E-state index contributed by atoms with van der Waals surface area (Å²) < 4.78 is 5.45. The first-order valence-electron chi connectivity index (χ1n) is 8.53. The van der Waals surface area contributed by atoms with Crippen molar-refractivity contribution in [3.8, 4) is 6.07 Å². The molecular weight excluding hydrogens is 348 g/mol. The third-order valence-electron chi connectivity index (χ3n) is 4.36. The van der Waals surface area contributed by atoms with Crippen LogP contribution in [0.4, 0.5) is 5.69 Å². The second kappa shape index (κ2) is 9.50. The highest BCUT2D eigenvalue weighted by molar-refractivity contribution is 5.79. The number of aromatic amines is 1. The fourth-order valence-electron chi connectivity index (χ4n) is 2.91. The van der Waals surface area contributed by atoms with Crippen molar-refractivity contribution in [2.24, 2.45) is 5.92 Å². The topological polar surface area (TPSA) is 121 Å². The monoisotopic (exact) mass is 370 g/mol. The maximum absolute atomic E-state index is 12.7. The number of carbonyl (C=O) groups excluding carboxylic acids is 1. The number of nitrogens with zero attached hydrogens (tertiary/aromatic N) is 2. The second-order valence-corrected chi connectivity index (χ2v) is 6.27. The Morgan fingerprint density at radius 1 is 1.37 bits per heavy atom. The van der Waals surface area contributed by atoms with Crippen molar-refractivity contribution in [3.63, 3.8) is 0 Å². The Kier molecular flexibility index (Phi) is 7.08. The lowest BCUT2D eigenvalue weighted by Gasteiger charge is -2.24. The van der Waals surface area contributed by atoms with Crippen LogP contribution < -0.4 is 5.32 Å². The zero-order valence-electron chi connectivity index (χ0n) is 15.2. The van der Waals surface area contributed by atoms with Crippen LogP contribution in [0.1, 0.15) is 30.7 Å². The molecule has 0 saturated heterocycles. The first-order chi connectivity index (χ1) is 13.0. The van der Waals surface area contributed by atoms with Gasteiger partial charge in [0.05, 0.1) is 23.3 Å². The lowest BCUT2D eigenvalue weighted by atomic mass is 9.98. The van der Waals surface area contributed by atoms with Crippen molar-refractivity contribution in [3.05, 3.63) is 64.0 Å². The number of methoxy groups -OCH3 is 1. The van der Waals surface area contributed by atoms with E-state index in [9.17, 15) is 14.9 Å². The maximum atomic E-state index is 12.7. The zero-order valence-corrected chi connectivity index (χ0v) is 15.2. The van der Waals surface area contributed by atoms with Crippen LogP contribution in [-0.4, -0.2) is 29.0 Å². The standard InChI is InChI=1S/C19H22N4O4/c1-13(18(27-2)17-4-3-11-21-17)19(24)22-15(9-10-20)12-14-5-7-16(8-6-14)23(25)26/h3-8,11,13,15,18,21H,9,12H2,1-2H3,(H,22,24)/t13-,15-,18-/m1/s1. The number of non-ortho nitro benzene ring substituents is 1. The number of nitro benzene ring substituents is 1. The first-order valence-corrected chi connectivity index (χ1v) is 8.53. The van der Waals surface area contributed by atoms with E-state index in [1.165, 1.54) is 12.1 Å². The number of ether oxygens (including phenoxy) is 1. The van der Waals surface area contributed by atoms with Gasteiger partial charge in [0.15, 0.2) is 0 Å². The first kappa shape index (κ1) is 20.1. The summed E-state index contributed by atoms with van der Waals surface area (Å²) in [7, 11) is 1.54. The largest absolute Gasteiger partial charge is 0.374 e. The summed E-state index contributed by atoms with van der Waals surface area (Å²) in [6.07, 6.45) is 1.88. The molecule has 0 fully saturated rings. The van der Waals surface area contributed by atoms with Gasteiger partial charge >= 0.3 is 0 Å². The van der Waals surface area contributed by atoms with Crippen LogP contribution >= 0.6 is 0 Å². The fourth-order valence-corrected chi connectivity index (χ4v) is 2.91. The van der Waals surface area contributed by atoms with Crippen LogP contribution in [-0.2, 0) is 16.0 Å². The minimum absolute atomic E-state index is 0.00197. The average molecular weight is 370 g/mol. The molecule has 0 radical (unpaired) electrons. The van der Waals surface area contributed by atoms with Crippen LogP contribution in [0.3, 0.4) is 0 Å². The molecule has 8 nitrogen and oxygen atoms in total. The van der Waals surface area contributed by atoms with Crippen LogP contribution in [0.15, 0.2) is 42.6 Å². The highest BCUT2D eigenvalue weighted by Gasteiger charge is 2.27. The molecule has 0 spiro atoms. The maximum Gasteiger partial charge on any atom is 0.269 e. The number of nitriles is 1. The summed E-state index contributed by atoms with van der Waals surface area (Å²) in [5.41, 5.74) is 1.61. The van der Waals surface area contributed by atoms with Crippen LogP contribution in [0, 0.1) is 27.4 Å². The number of carbonyl (C=O) groups is 1. The predicted molar refractivity (Wildman–Crippen MR) is 98.7 cm³/mol. The summed E-state index contributed by atoms with van der Waals surface area (Å²) in [5.74, 6) is -0.690. The molecule has 1 aromatic heterocycles. The molecule has 0 unspecified atom stereocenters. The Morgan fingerprint density at radius 2 is 2.07 bits per heavy atom. The van der Waals surface area contributed by atoms with Crippen molar-refractivity contribution in [1.29, 1.82) is 5.26 Å². The van der Waals surface area contributed by atoms with Gasteiger partial charge in [0, 0.05) is 37.2 Å². The number of hydrogen-bond donors (Lipinski definition) is 2. The van der Waals surface area contributed by atoms with E-state index in [1.807, 2.05) is 12.1 Å². The lowest BCUT2D eigenvalue weighted by molar-refractivity contribution is -0.384. The molecule has 142 valence electrons. The summed E-state index contributed by atoms with van der Waals surface area (Å²) >= 11 is 0. The van der Waals surface area contributed by atoms with Crippen molar-refractivity contribution in [1.82, 2.24) is 10.3 Å². The molecule has 0 aliphatic rings. The van der Waals surface area contributed by atoms with Gasteiger partial charge < -0.3 is 15.0 Å². The van der Waals surface area contributed by atoms with Crippen molar-refractivity contribution < 1.29 is 14.5 Å². The van der Waals surface area contributed by atoms with Crippen molar-refractivity contribution in [2.45, 2.75) is 31.9 Å². The molecule has 0 saturated carbocycles. The smallest absolute Gasteiger partial charge is 0.269 e. The van der Waals surface area contributed by atoms with E-state index in [-0.39, 0.29) is 18.0 Å². The molecule has 8 heteroatoms. The van der Waals surface area contributed by atoms with Gasteiger partial charge in [-0.3, -0.25) is 14.9 Å². The molecule has 1 heterocycles. The Hall–Kier alpha value is -3.18. The average Bonchev–Trinajstić information content (AvgIpc) is 3.17. The Bertz CT molecular complexity index is 796. The van der Waals surface area contributed by atoms with Gasteiger partial charge in [-0.05, 0) is 24.1 Å². The van der Waals surface area contributed by atoms with E-state index in [2.05, 4.69) is 16.4 Å². The van der Waals surface area contributed by atoms with Crippen LogP contribution in [0.25, 0.3) is 0 Å². The van der Waals surface area contributed by atoms with Crippen LogP contribution in [0.5, 0.6) is 0 Å². The van der Waals surface area contributed by atoms with Gasteiger partial charge in [-0.1, -0.05) is 19.1 Å². The number of nitrogens with one attached hydrogen (secondary N) is 2. The van der Waals surface area contributed by atoms with E-state index < -0.39 is 23.0 Å². The molecule has 0 aliphatic carbocycles. The summed E-state index contributed by atoms with van der Waals surface area (Å²) in [6, 6.07) is 11.4. The van der Waals surface area contributed by atoms with Gasteiger partial charge in [-0.2, -0.15) is 5.26 Å². The summed E-state index contributed by atoms with van der Waals surface area (Å²) in [4.78, 5) is 26.0. The quantitative estimate of drug-likeness (QED) is 0.519. The Balaban J connectivity index is 2.04. The molecule has 2 aromatic rings. The van der Waals surface area contributed by atoms with E-state index in [0.717, 1.165) is 11.3 Å². The zero-order chi connectivity index (χ0) is 19.8. The number of hydrogen-bond acceptors (Lipinski definition) is 5. The number of benzene rings is 1. The molecule has 1 amide bonds. The molecule has 2 N–H and O–H groups in total. The minimum atomic E-state index is -0.467. The van der Waals surface area contributed by atoms with Crippen molar-refractivity contribution in [2.75, 3.05) is 7.11 Å². The Labute approximate surface area is 157 Å². The summed E-state index contributed by atoms with van der Waals surface area (Å²) in [5, 5.41) is 22.7. The van der Waals surface area contributed by atoms with Gasteiger partial charge in [0.1, 0.15) is 6.10 Å². The molecule has 0 bridgehead atoms. The fraction of sp³-hybridized carbons (Fsp3) is 0.368. The van der Waals surface area contributed by atoms with Gasteiger partial charge in [-0.25, -0.2) is 0 Å². The van der Waals surface area contributed by atoms with E-state index in [4.69, 9.17) is 10.00 Å². The molecule has 2 rings (SSSR count). The third-order valence-corrected chi connectivity index (χ3v) is 4.36. The normalized spacial score (nSPS) is 14.0. The highest BCUT2D eigenvalue weighted by atomic mass is 16.6. The van der Waals surface area contributed by atoms with Gasteiger partial charge in [0.25, 0.3) is 5.69 Å². The van der Waals surface area contributed by atoms with Gasteiger partial charge in [-0.15, -0.1) is 0 Å². The molecular formula is C19H22N4O4. The van der Waals surface area contributed by atoms with E-state index >= 15 is 0 Å². The third kappa shape index (κ3) is 5.39. The van der Waals surface area contributed by atoms with Gasteiger partial charge in [0.2, 0.25) is 5.91 Å². The number of rotatable bonds is 9. The molecule has 1 aromatic carbocycles. The van der Waals surface area contributed by atoms with Crippen molar-refractivity contribution >= 4 is 11.6 Å². The summed E-state index contributed by atoms with van der Waals surface area (Å²) in [6.45, 7) is 1.76. The molecule has 3 atom stereocenters. The Morgan fingerprint density at radius 3 is 2.59 bits per heavy atom. The number of amides is 1. The van der Waals surface area contributed by atoms with E-state index in [0.29, 0.717) is 6.42 Å². The SMILES string of the molecule is CO[C@@H](c1ccc[nH]1)[C@@H](C)C(=O)N[C@H](CC#N)Cc1ccc([N+](=O)[O-])cc1. The second-order valence-electron chi connectivity index (χ2n) is 6.27. The van der Waals surface area contributed by atoms with E-state index in [1.54, 1.807) is 32.4 Å².